The summed E-state index contributed by atoms with van der Waals surface area (Å²) in [6.07, 6.45) is 0.499. The predicted molar refractivity (Wildman–Crippen MR) is 135 cm³/mol. The molecule has 0 saturated heterocycles. The van der Waals surface area contributed by atoms with Crippen LogP contribution >= 0.6 is 11.6 Å². The SMILES string of the molecule is COc1ccc2[nH]c(=O)c(CN(CCc3ccccc3)S(=O)(=O)c3ccc(C)c(Cl)c3)cc2c1. The third-order valence-corrected chi connectivity index (χ3v) is 8.00. The van der Waals surface area contributed by atoms with E-state index in [1.165, 1.54) is 10.4 Å². The third kappa shape index (κ3) is 5.17. The number of hydrogen-bond acceptors (Lipinski definition) is 4. The number of methoxy groups -OCH3 is 1. The van der Waals surface area contributed by atoms with Gasteiger partial charge in [-0.25, -0.2) is 8.42 Å². The number of rotatable bonds is 8. The van der Waals surface area contributed by atoms with Gasteiger partial charge in [-0.1, -0.05) is 48.0 Å². The van der Waals surface area contributed by atoms with Crippen molar-refractivity contribution in [2.75, 3.05) is 13.7 Å². The predicted octanol–water partition coefficient (Wildman–Crippen LogP) is 4.93. The average Bonchev–Trinajstić information content (AvgIpc) is 2.83. The van der Waals surface area contributed by atoms with Gasteiger partial charge < -0.3 is 9.72 Å². The van der Waals surface area contributed by atoms with E-state index in [1.807, 2.05) is 37.3 Å². The first kappa shape index (κ1) is 24.0. The molecule has 0 bridgehead atoms. The van der Waals surface area contributed by atoms with Crippen LogP contribution in [0.1, 0.15) is 16.7 Å². The van der Waals surface area contributed by atoms with Crippen LogP contribution in [0.15, 0.2) is 82.5 Å². The lowest BCUT2D eigenvalue weighted by Gasteiger charge is -2.23. The van der Waals surface area contributed by atoms with E-state index in [0.717, 1.165) is 16.5 Å². The zero-order chi connectivity index (χ0) is 24.3. The summed E-state index contributed by atoms with van der Waals surface area (Å²) in [4.78, 5) is 15.8. The lowest BCUT2D eigenvalue weighted by atomic mass is 10.1. The van der Waals surface area contributed by atoms with Crippen LogP contribution in [0.3, 0.4) is 0 Å². The Bertz CT molecular complexity index is 1480. The van der Waals surface area contributed by atoms with Crippen molar-refractivity contribution in [3.05, 3.63) is 105 Å². The number of aryl methyl sites for hydroxylation is 1. The van der Waals surface area contributed by atoms with Gasteiger partial charge in [-0.15, -0.1) is 0 Å². The molecule has 0 unspecified atom stereocenters. The minimum atomic E-state index is -3.92. The molecule has 8 heteroatoms. The molecular weight excluding hydrogens is 472 g/mol. The number of halogens is 1. The molecule has 4 rings (SSSR count). The molecule has 0 aliphatic carbocycles. The van der Waals surface area contributed by atoms with E-state index in [0.29, 0.717) is 28.3 Å². The number of benzene rings is 3. The molecule has 1 aromatic heterocycles. The van der Waals surface area contributed by atoms with Gasteiger partial charge in [0, 0.05) is 34.6 Å². The van der Waals surface area contributed by atoms with Crippen molar-refractivity contribution in [3.8, 4) is 5.75 Å². The van der Waals surface area contributed by atoms with Crippen molar-refractivity contribution in [1.82, 2.24) is 9.29 Å². The molecule has 0 radical (unpaired) electrons. The van der Waals surface area contributed by atoms with Crippen molar-refractivity contribution in [3.63, 3.8) is 0 Å². The van der Waals surface area contributed by atoms with Gasteiger partial charge in [-0.05, 0) is 60.9 Å². The van der Waals surface area contributed by atoms with E-state index in [1.54, 1.807) is 43.5 Å². The normalized spacial score (nSPS) is 11.8. The highest BCUT2D eigenvalue weighted by atomic mass is 35.5. The number of sulfonamides is 1. The standard InChI is InChI=1S/C26H25ClN2O4S/c1-18-8-10-23(16-24(18)27)34(31,32)29(13-12-19-6-4-3-5-7-19)17-21-14-20-15-22(33-2)9-11-25(20)28-26(21)30/h3-11,14-16H,12-13,17H2,1-2H3,(H,28,30). The van der Waals surface area contributed by atoms with Gasteiger partial charge in [0.25, 0.3) is 5.56 Å². The van der Waals surface area contributed by atoms with Gasteiger partial charge in [-0.3, -0.25) is 4.79 Å². The monoisotopic (exact) mass is 496 g/mol. The van der Waals surface area contributed by atoms with Crippen LogP contribution in [-0.4, -0.2) is 31.4 Å². The summed E-state index contributed by atoms with van der Waals surface area (Å²) in [5.41, 5.74) is 2.45. The number of aromatic nitrogens is 1. The summed E-state index contributed by atoms with van der Waals surface area (Å²) in [6, 6.07) is 21.3. The molecule has 4 aromatic rings. The van der Waals surface area contributed by atoms with Crippen molar-refractivity contribution < 1.29 is 13.2 Å². The molecular formula is C26H25ClN2O4S. The van der Waals surface area contributed by atoms with Gasteiger partial charge in [-0.2, -0.15) is 4.31 Å². The Morgan fingerprint density at radius 3 is 2.47 bits per heavy atom. The molecule has 34 heavy (non-hydrogen) atoms. The Labute approximate surface area is 203 Å². The first-order valence-corrected chi connectivity index (χ1v) is 12.6. The molecule has 0 spiro atoms. The Morgan fingerprint density at radius 2 is 1.76 bits per heavy atom. The van der Waals surface area contributed by atoms with E-state index in [2.05, 4.69) is 4.98 Å². The first-order valence-electron chi connectivity index (χ1n) is 10.8. The van der Waals surface area contributed by atoms with E-state index in [4.69, 9.17) is 16.3 Å². The number of fused-ring (bicyclic) bond motifs is 1. The van der Waals surface area contributed by atoms with E-state index in [9.17, 15) is 13.2 Å². The lowest BCUT2D eigenvalue weighted by Crippen LogP contribution is -2.34. The van der Waals surface area contributed by atoms with Crippen molar-refractivity contribution in [2.24, 2.45) is 0 Å². The van der Waals surface area contributed by atoms with Crippen molar-refractivity contribution in [1.29, 1.82) is 0 Å². The zero-order valence-electron chi connectivity index (χ0n) is 18.9. The smallest absolute Gasteiger partial charge is 0.252 e. The van der Waals surface area contributed by atoms with Gasteiger partial charge in [0.2, 0.25) is 10.0 Å². The summed E-state index contributed by atoms with van der Waals surface area (Å²) >= 11 is 6.23. The van der Waals surface area contributed by atoms with Crippen LogP contribution in [0.2, 0.25) is 5.02 Å². The Kier molecular flexibility index (Phi) is 7.07. The fourth-order valence-corrected chi connectivity index (χ4v) is 5.42. The van der Waals surface area contributed by atoms with Gasteiger partial charge in [0.15, 0.2) is 0 Å². The van der Waals surface area contributed by atoms with E-state index < -0.39 is 10.0 Å². The zero-order valence-corrected chi connectivity index (χ0v) is 20.5. The average molecular weight is 497 g/mol. The van der Waals surface area contributed by atoms with Gasteiger partial charge in [0.1, 0.15) is 5.75 Å². The van der Waals surface area contributed by atoms with E-state index >= 15 is 0 Å². The second-order valence-corrected chi connectivity index (χ2v) is 10.4. The Morgan fingerprint density at radius 1 is 1.00 bits per heavy atom. The highest BCUT2D eigenvalue weighted by Crippen LogP contribution is 2.25. The number of aromatic amines is 1. The highest BCUT2D eigenvalue weighted by Gasteiger charge is 2.26. The topological polar surface area (TPSA) is 79.5 Å². The maximum absolute atomic E-state index is 13.6. The summed E-state index contributed by atoms with van der Waals surface area (Å²) in [7, 11) is -2.35. The molecule has 0 fully saturated rings. The minimum Gasteiger partial charge on any atom is -0.497 e. The molecule has 0 saturated carbocycles. The summed E-state index contributed by atoms with van der Waals surface area (Å²) in [5.74, 6) is 0.647. The summed E-state index contributed by atoms with van der Waals surface area (Å²) in [5, 5.41) is 1.13. The molecule has 1 N–H and O–H groups in total. The second kappa shape index (κ2) is 10.0. The molecule has 176 valence electrons. The number of hydrogen-bond donors (Lipinski definition) is 1. The van der Waals surface area contributed by atoms with Crippen LogP contribution in [0, 0.1) is 6.92 Å². The molecule has 0 atom stereocenters. The Balaban J connectivity index is 1.73. The number of ether oxygens (including phenoxy) is 1. The Hall–Kier alpha value is -3.13. The molecule has 6 nitrogen and oxygen atoms in total. The van der Waals surface area contributed by atoms with Gasteiger partial charge >= 0.3 is 0 Å². The fourth-order valence-electron chi connectivity index (χ4n) is 3.73. The minimum absolute atomic E-state index is 0.0802. The summed E-state index contributed by atoms with van der Waals surface area (Å²) < 4.78 is 33.9. The number of pyridine rings is 1. The third-order valence-electron chi connectivity index (χ3n) is 5.75. The first-order chi connectivity index (χ1) is 16.3. The second-order valence-electron chi connectivity index (χ2n) is 8.06. The molecule has 1 heterocycles. The van der Waals surface area contributed by atoms with Crippen LogP contribution < -0.4 is 10.3 Å². The fraction of sp³-hybridized carbons (Fsp3) is 0.192. The quantitative estimate of drug-likeness (QED) is 0.375. The van der Waals surface area contributed by atoms with Gasteiger partial charge in [0.05, 0.1) is 12.0 Å². The molecule has 0 aliphatic heterocycles. The van der Waals surface area contributed by atoms with Crippen molar-refractivity contribution >= 4 is 32.5 Å². The van der Waals surface area contributed by atoms with Crippen LogP contribution in [0.5, 0.6) is 5.75 Å². The lowest BCUT2D eigenvalue weighted by molar-refractivity contribution is 0.408. The number of nitrogens with one attached hydrogen (secondary N) is 1. The van der Waals surface area contributed by atoms with Crippen LogP contribution in [-0.2, 0) is 23.0 Å². The molecule has 3 aromatic carbocycles. The molecule has 0 amide bonds. The van der Waals surface area contributed by atoms with Crippen molar-refractivity contribution in [2.45, 2.75) is 24.8 Å². The highest BCUT2D eigenvalue weighted by molar-refractivity contribution is 7.89. The van der Waals surface area contributed by atoms with E-state index in [-0.39, 0.29) is 23.5 Å². The number of nitrogens with zero attached hydrogens (tertiary/aromatic N) is 1. The summed E-state index contributed by atoms with van der Waals surface area (Å²) in [6.45, 7) is 1.94. The number of H-pyrrole nitrogens is 1. The van der Waals surface area contributed by atoms with Crippen LogP contribution in [0.4, 0.5) is 0 Å². The maximum Gasteiger partial charge on any atom is 0.252 e. The molecule has 0 aliphatic rings. The maximum atomic E-state index is 13.6. The largest absolute Gasteiger partial charge is 0.497 e. The van der Waals surface area contributed by atoms with Crippen LogP contribution in [0.25, 0.3) is 10.9 Å².